The molecule has 0 aliphatic rings. The Balaban J connectivity index is 1.98. The van der Waals surface area contributed by atoms with Crippen LogP contribution in [-0.4, -0.2) is 16.9 Å². The van der Waals surface area contributed by atoms with Gasteiger partial charge in [0, 0.05) is 31.2 Å². The van der Waals surface area contributed by atoms with E-state index in [4.69, 9.17) is 5.73 Å². The molecule has 0 aliphatic heterocycles. The van der Waals surface area contributed by atoms with Crippen molar-refractivity contribution >= 4 is 5.69 Å². The minimum atomic E-state index is 0.856. The van der Waals surface area contributed by atoms with E-state index in [0.717, 1.165) is 18.8 Å². The summed E-state index contributed by atoms with van der Waals surface area (Å²) in [6.07, 6.45) is 3.64. The van der Waals surface area contributed by atoms with Gasteiger partial charge < -0.3 is 5.73 Å². The van der Waals surface area contributed by atoms with Crippen molar-refractivity contribution in [2.24, 2.45) is 0 Å². The number of anilines is 1. The first-order chi connectivity index (χ1) is 8.25. The zero-order chi connectivity index (χ0) is 12.1. The van der Waals surface area contributed by atoms with Crippen LogP contribution in [0.15, 0.2) is 48.8 Å². The number of hydrogen-bond acceptors (Lipinski definition) is 3. The van der Waals surface area contributed by atoms with E-state index >= 15 is 0 Å². The summed E-state index contributed by atoms with van der Waals surface area (Å²) in [5.41, 5.74) is 9.21. The van der Waals surface area contributed by atoms with Crippen LogP contribution in [-0.2, 0) is 13.1 Å². The van der Waals surface area contributed by atoms with E-state index in [-0.39, 0.29) is 0 Å². The number of para-hydroxylation sites is 1. The maximum absolute atomic E-state index is 5.93. The molecular weight excluding hydrogens is 210 g/mol. The SMILES string of the molecule is CN(Cc1ccncc1)Cc1ccccc1N. The molecule has 0 aliphatic carbocycles. The van der Waals surface area contributed by atoms with Gasteiger partial charge in [0.1, 0.15) is 0 Å². The van der Waals surface area contributed by atoms with Crippen molar-refractivity contribution in [3.63, 3.8) is 0 Å². The number of nitrogen functional groups attached to an aromatic ring is 1. The molecular formula is C14H17N3. The number of nitrogens with two attached hydrogens (primary N) is 1. The van der Waals surface area contributed by atoms with Gasteiger partial charge >= 0.3 is 0 Å². The number of nitrogens with zero attached hydrogens (tertiary/aromatic N) is 2. The number of hydrogen-bond donors (Lipinski definition) is 1. The summed E-state index contributed by atoms with van der Waals surface area (Å²) in [5.74, 6) is 0. The highest BCUT2D eigenvalue weighted by atomic mass is 15.1. The van der Waals surface area contributed by atoms with Crippen LogP contribution in [0.3, 0.4) is 0 Å². The molecule has 2 N–H and O–H groups in total. The molecule has 2 aromatic rings. The number of aromatic nitrogens is 1. The molecule has 1 heterocycles. The molecule has 0 saturated heterocycles. The Labute approximate surface area is 102 Å². The van der Waals surface area contributed by atoms with Gasteiger partial charge in [-0.3, -0.25) is 9.88 Å². The molecule has 3 heteroatoms. The third-order valence-corrected chi connectivity index (χ3v) is 2.70. The fraction of sp³-hybridized carbons (Fsp3) is 0.214. The van der Waals surface area contributed by atoms with Gasteiger partial charge in [0.25, 0.3) is 0 Å². The Kier molecular flexibility index (Phi) is 3.73. The van der Waals surface area contributed by atoms with Gasteiger partial charge in [-0.15, -0.1) is 0 Å². The molecule has 0 saturated carbocycles. The van der Waals surface area contributed by atoms with Gasteiger partial charge in [0.2, 0.25) is 0 Å². The highest BCUT2D eigenvalue weighted by Crippen LogP contribution is 2.13. The van der Waals surface area contributed by atoms with Crippen molar-refractivity contribution < 1.29 is 0 Å². The molecule has 88 valence electrons. The quantitative estimate of drug-likeness (QED) is 0.815. The first-order valence-corrected chi connectivity index (χ1v) is 5.66. The maximum Gasteiger partial charge on any atom is 0.0359 e. The Bertz CT molecular complexity index is 468. The number of benzene rings is 1. The van der Waals surface area contributed by atoms with E-state index in [9.17, 15) is 0 Å². The average Bonchev–Trinajstić information content (AvgIpc) is 2.33. The van der Waals surface area contributed by atoms with Crippen molar-refractivity contribution in [3.05, 3.63) is 59.9 Å². The van der Waals surface area contributed by atoms with Crippen molar-refractivity contribution in [2.75, 3.05) is 12.8 Å². The second-order valence-corrected chi connectivity index (χ2v) is 4.23. The number of pyridine rings is 1. The third-order valence-electron chi connectivity index (χ3n) is 2.70. The van der Waals surface area contributed by atoms with E-state index in [1.54, 1.807) is 0 Å². The van der Waals surface area contributed by atoms with E-state index in [1.807, 2.05) is 42.7 Å². The second kappa shape index (κ2) is 5.46. The van der Waals surface area contributed by atoms with Gasteiger partial charge in [0.05, 0.1) is 0 Å². The van der Waals surface area contributed by atoms with Gasteiger partial charge in [-0.25, -0.2) is 0 Å². The molecule has 3 nitrogen and oxygen atoms in total. The molecule has 2 rings (SSSR count). The topological polar surface area (TPSA) is 42.2 Å². The molecule has 17 heavy (non-hydrogen) atoms. The minimum Gasteiger partial charge on any atom is -0.398 e. The smallest absolute Gasteiger partial charge is 0.0359 e. The van der Waals surface area contributed by atoms with Crippen LogP contribution >= 0.6 is 0 Å². The lowest BCUT2D eigenvalue weighted by Crippen LogP contribution is -2.18. The Morgan fingerprint density at radius 3 is 2.47 bits per heavy atom. The fourth-order valence-electron chi connectivity index (χ4n) is 1.82. The molecule has 0 fully saturated rings. The van der Waals surface area contributed by atoms with Crippen molar-refractivity contribution in [1.82, 2.24) is 9.88 Å². The highest BCUT2D eigenvalue weighted by Gasteiger charge is 2.03. The third kappa shape index (κ3) is 3.29. The normalized spacial score (nSPS) is 10.7. The monoisotopic (exact) mass is 227 g/mol. The Hall–Kier alpha value is -1.87. The zero-order valence-electron chi connectivity index (χ0n) is 10.0. The molecule has 0 atom stereocenters. The van der Waals surface area contributed by atoms with Crippen molar-refractivity contribution in [2.45, 2.75) is 13.1 Å². The van der Waals surface area contributed by atoms with Crippen molar-refractivity contribution in [3.8, 4) is 0 Å². The Morgan fingerprint density at radius 2 is 1.76 bits per heavy atom. The summed E-state index contributed by atoms with van der Waals surface area (Å²) in [6, 6.07) is 12.1. The van der Waals surface area contributed by atoms with Gasteiger partial charge in [-0.1, -0.05) is 18.2 Å². The van der Waals surface area contributed by atoms with Crippen molar-refractivity contribution in [1.29, 1.82) is 0 Å². The van der Waals surface area contributed by atoms with E-state index in [0.29, 0.717) is 0 Å². The predicted molar refractivity (Wildman–Crippen MR) is 70.3 cm³/mol. The van der Waals surface area contributed by atoms with Gasteiger partial charge in [0.15, 0.2) is 0 Å². The van der Waals surface area contributed by atoms with E-state index in [2.05, 4.69) is 23.0 Å². The van der Waals surface area contributed by atoms with Crippen LogP contribution in [0.4, 0.5) is 5.69 Å². The Morgan fingerprint density at radius 1 is 1.06 bits per heavy atom. The molecule has 1 aromatic heterocycles. The molecule has 0 amide bonds. The van der Waals surface area contributed by atoms with Crippen LogP contribution < -0.4 is 5.73 Å². The molecule has 0 bridgehead atoms. The standard InChI is InChI=1S/C14H17N3/c1-17(10-12-6-8-16-9-7-12)11-13-4-2-3-5-14(13)15/h2-9H,10-11,15H2,1H3. The lowest BCUT2D eigenvalue weighted by atomic mass is 10.1. The summed E-state index contributed by atoms with van der Waals surface area (Å²) < 4.78 is 0. The molecule has 0 spiro atoms. The van der Waals surface area contributed by atoms with E-state index in [1.165, 1.54) is 11.1 Å². The fourth-order valence-corrected chi connectivity index (χ4v) is 1.82. The number of rotatable bonds is 4. The first kappa shape index (κ1) is 11.6. The molecule has 0 radical (unpaired) electrons. The highest BCUT2D eigenvalue weighted by molar-refractivity contribution is 5.46. The maximum atomic E-state index is 5.93. The largest absolute Gasteiger partial charge is 0.398 e. The predicted octanol–water partition coefficient (Wildman–Crippen LogP) is 2.30. The summed E-state index contributed by atoms with van der Waals surface area (Å²) in [7, 11) is 2.09. The minimum absolute atomic E-state index is 0.856. The summed E-state index contributed by atoms with van der Waals surface area (Å²) >= 11 is 0. The molecule has 0 unspecified atom stereocenters. The average molecular weight is 227 g/mol. The van der Waals surface area contributed by atoms with Crippen LogP contribution in [0.25, 0.3) is 0 Å². The summed E-state index contributed by atoms with van der Waals surface area (Å²) in [6.45, 7) is 1.76. The van der Waals surface area contributed by atoms with Gasteiger partial charge in [-0.05, 0) is 36.4 Å². The first-order valence-electron chi connectivity index (χ1n) is 5.66. The lowest BCUT2D eigenvalue weighted by Gasteiger charge is -2.17. The molecule has 1 aromatic carbocycles. The van der Waals surface area contributed by atoms with Gasteiger partial charge in [-0.2, -0.15) is 0 Å². The summed E-state index contributed by atoms with van der Waals surface area (Å²) in [5, 5.41) is 0. The van der Waals surface area contributed by atoms with Crippen LogP contribution in [0.2, 0.25) is 0 Å². The zero-order valence-corrected chi connectivity index (χ0v) is 10.0. The van der Waals surface area contributed by atoms with Crippen LogP contribution in [0.5, 0.6) is 0 Å². The lowest BCUT2D eigenvalue weighted by molar-refractivity contribution is 0.319. The van der Waals surface area contributed by atoms with Crippen LogP contribution in [0, 0.1) is 0 Å². The van der Waals surface area contributed by atoms with E-state index < -0.39 is 0 Å². The van der Waals surface area contributed by atoms with Crippen LogP contribution in [0.1, 0.15) is 11.1 Å². The summed E-state index contributed by atoms with van der Waals surface area (Å²) in [4.78, 5) is 6.25. The second-order valence-electron chi connectivity index (χ2n) is 4.23.